The molecule has 0 aliphatic carbocycles. The number of aliphatic hydroxyl groups excluding tert-OH is 1. The molecule has 0 bridgehead atoms. The van der Waals surface area contributed by atoms with Crippen LogP contribution in [0.2, 0.25) is 0 Å². The smallest absolute Gasteiger partial charge is 0.163 e. The number of hydrogen-bond acceptors (Lipinski definition) is 3. The fourth-order valence-electron chi connectivity index (χ4n) is 2.33. The Kier molecular flexibility index (Phi) is 3.32. The normalized spacial score (nSPS) is 20.9. The van der Waals surface area contributed by atoms with Crippen molar-refractivity contribution in [2.75, 3.05) is 6.61 Å². The summed E-state index contributed by atoms with van der Waals surface area (Å²) in [4.78, 5) is 0. The Bertz CT molecular complexity index is 627. The average Bonchev–Trinajstić information content (AvgIpc) is 2.45. The van der Waals surface area contributed by atoms with Crippen molar-refractivity contribution in [2.45, 2.75) is 19.1 Å². The third kappa shape index (κ3) is 2.34. The highest BCUT2D eigenvalue weighted by molar-refractivity contribution is 5.38. The van der Waals surface area contributed by atoms with Gasteiger partial charge in [0.15, 0.2) is 6.10 Å². The first-order valence-corrected chi connectivity index (χ1v) is 6.48. The summed E-state index contributed by atoms with van der Waals surface area (Å²) < 4.78 is 24.4. The van der Waals surface area contributed by atoms with E-state index in [1.54, 1.807) is 13.0 Å². The number of ether oxygens (including phenoxy) is 2. The molecule has 3 nitrogen and oxygen atoms in total. The number of aryl methyl sites for hydroxylation is 1. The molecule has 2 aromatic carbocycles. The second-order valence-electron chi connectivity index (χ2n) is 4.86. The van der Waals surface area contributed by atoms with Crippen molar-refractivity contribution in [1.29, 1.82) is 0 Å². The first-order valence-electron chi connectivity index (χ1n) is 6.48. The fourth-order valence-corrected chi connectivity index (χ4v) is 2.33. The predicted molar refractivity (Wildman–Crippen MR) is 72.4 cm³/mol. The number of rotatable bonds is 2. The first-order chi connectivity index (χ1) is 9.65. The van der Waals surface area contributed by atoms with Gasteiger partial charge in [0, 0.05) is 5.56 Å². The summed E-state index contributed by atoms with van der Waals surface area (Å²) in [5.41, 5.74) is 1.40. The topological polar surface area (TPSA) is 38.7 Å². The Morgan fingerprint density at radius 1 is 1.25 bits per heavy atom. The monoisotopic (exact) mass is 274 g/mol. The second kappa shape index (κ2) is 5.13. The second-order valence-corrected chi connectivity index (χ2v) is 4.86. The number of benzene rings is 2. The average molecular weight is 274 g/mol. The highest BCUT2D eigenvalue weighted by Gasteiger charge is 2.31. The van der Waals surface area contributed by atoms with Crippen LogP contribution in [0.4, 0.5) is 4.39 Å². The lowest BCUT2D eigenvalue weighted by atomic mass is 10.0. The van der Waals surface area contributed by atoms with Crippen molar-refractivity contribution in [3.8, 4) is 11.5 Å². The molecule has 2 unspecified atom stereocenters. The fraction of sp³-hybridized carbons (Fsp3) is 0.250. The third-order valence-electron chi connectivity index (χ3n) is 3.41. The van der Waals surface area contributed by atoms with Crippen LogP contribution in [0, 0.1) is 12.7 Å². The molecule has 20 heavy (non-hydrogen) atoms. The molecule has 3 rings (SSSR count). The Labute approximate surface area is 116 Å². The molecule has 0 aromatic heterocycles. The van der Waals surface area contributed by atoms with Gasteiger partial charge in [-0.25, -0.2) is 4.39 Å². The molecule has 2 aromatic rings. The van der Waals surface area contributed by atoms with Crippen molar-refractivity contribution in [1.82, 2.24) is 0 Å². The van der Waals surface area contributed by atoms with E-state index in [1.807, 2.05) is 24.3 Å². The van der Waals surface area contributed by atoms with E-state index in [0.29, 0.717) is 22.6 Å². The maximum absolute atomic E-state index is 13.1. The standard InChI is InChI=1S/C16H15FO3/c1-10-8-11(17)6-7-13(10)20-15-9-19-14-5-3-2-4-12(14)16(15)18/h2-8,15-16,18H,9H2,1H3. The molecule has 0 spiro atoms. The number of hydrogen-bond donors (Lipinski definition) is 1. The molecule has 0 amide bonds. The zero-order valence-electron chi connectivity index (χ0n) is 11.0. The van der Waals surface area contributed by atoms with Crippen LogP contribution in [0.15, 0.2) is 42.5 Å². The van der Waals surface area contributed by atoms with Gasteiger partial charge in [0.05, 0.1) is 0 Å². The predicted octanol–water partition coefficient (Wildman–Crippen LogP) is 3.01. The molecule has 0 saturated heterocycles. The summed E-state index contributed by atoms with van der Waals surface area (Å²) in [6, 6.07) is 11.6. The van der Waals surface area contributed by atoms with E-state index in [4.69, 9.17) is 9.47 Å². The van der Waals surface area contributed by atoms with Crippen LogP contribution in [0.3, 0.4) is 0 Å². The molecule has 2 atom stereocenters. The molecular formula is C16H15FO3. The molecule has 4 heteroatoms. The van der Waals surface area contributed by atoms with Crippen molar-refractivity contribution >= 4 is 0 Å². The third-order valence-corrected chi connectivity index (χ3v) is 3.41. The van der Waals surface area contributed by atoms with E-state index < -0.39 is 12.2 Å². The molecule has 104 valence electrons. The van der Waals surface area contributed by atoms with Gasteiger partial charge in [0.2, 0.25) is 0 Å². The minimum atomic E-state index is -0.760. The largest absolute Gasteiger partial charge is 0.489 e. The Morgan fingerprint density at radius 3 is 2.85 bits per heavy atom. The van der Waals surface area contributed by atoms with Crippen LogP contribution >= 0.6 is 0 Å². The molecule has 0 fully saturated rings. The van der Waals surface area contributed by atoms with E-state index in [-0.39, 0.29) is 12.4 Å². The van der Waals surface area contributed by atoms with Gasteiger partial charge in [-0.05, 0) is 36.8 Å². The SMILES string of the molecule is Cc1cc(F)ccc1OC1COc2ccccc2C1O. The van der Waals surface area contributed by atoms with Gasteiger partial charge in [-0.3, -0.25) is 0 Å². The number of aliphatic hydroxyl groups is 1. The van der Waals surface area contributed by atoms with E-state index >= 15 is 0 Å². The van der Waals surface area contributed by atoms with Crippen LogP contribution in [0.5, 0.6) is 11.5 Å². The number of para-hydroxylation sites is 1. The summed E-state index contributed by atoms with van der Waals surface area (Å²) in [7, 11) is 0. The van der Waals surface area contributed by atoms with Crippen LogP contribution in [-0.4, -0.2) is 17.8 Å². The summed E-state index contributed by atoms with van der Waals surface area (Å²) in [5.74, 6) is 0.926. The number of halogens is 1. The van der Waals surface area contributed by atoms with Gasteiger partial charge in [-0.1, -0.05) is 18.2 Å². The van der Waals surface area contributed by atoms with Gasteiger partial charge < -0.3 is 14.6 Å². The zero-order chi connectivity index (χ0) is 14.1. The van der Waals surface area contributed by atoms with Crippen molar-refractivity contribution in [2.24, 2.45) is 0 Å². The molecule has 1 heterocycles. The molecule has 0 radical (unpaired) electrons. The van der Waals surface area contributed by atoms with Crippen LogP contribution in [-0.2, 0) is 0 Å². The summed E-state index contributed by atoms with van der Waals surface area (Å²) in [5, 5.41) is 10.3. The maximum Gasteiger partial charge on any atom is 0.163 e. The summed E-state index contributed by atoms with van der Waals surface area (Å²) >= 11 is 0. The lowest BCUT2D eigenvalue weighted by Crippen LogP contribution is -2.35. The Morgan fingerprint density at radius 2 is 2.05 bits per heavy atom. The van der Waals surface area contributed by atoms with E-state index in [1.165, 1.54) is 12.1 Å². The molecular weight excluding hydrogens is 259 g/mol. The van der Waals surface area contributed by atoms with Gasteiger partial charge in [0.25, 0.3) is 0 Å². The highest BCUT2D eigenvalue weighted by atomic mass is 19.1. The van der Waals surface area contributed by atoms with E-state index in [0.717, 1.165) is 0 Å². The number of fused-ring (bicyclic) bond motifs is 1. The lowest BCUT2D eigenvalue weighted by molar-refractivity contribution is -0.0106. The minimum absolute atomic E-state index is 0.259. The van der Waals surface area contributed by atoms with Crippen molar-refractivity contribution in [3.05, 3.63) is 59.4 Å². The van der Waals surface area contributed by atoms with Gasteiger partial charge >= 0.3 is 0 Å². The molecule has 1 aliphatic rings. The van der Waals surface area contributed by atoms with Crippen molar-refractivity contribution < 1.29 is 19.0 Å². The zero-order valence-corrected chi connectivity index (χ0v) is 11.0. The van der Waals surface area contributed by atoms with Crippen molar-refractivity contribution in [3.63, 3.8) is 0 Å². The first kappa shape index (κ1) is 12.9. The molecule has 1 N–H and O–H groups in total. The summed E-state index contributed by atoms with van der Waals surface area (Å²) in [6.07, 6.45) is -1.27. The quantitative estimate of drug-likeness (QED) is 0.915. The molecule has 0 saturated carbocycles. The van der Waals surface area contributed by atoms with Gasteiger partial charge in [-0.2, -0.15) is 0 Å². The van der Waals surface area contributed by atoms with E-state index in [2.05, 4.69) is 0 Å². The van der Waals surface area contributed by atoms with Crippen LogP contribution < -0.4 is 9.47 Å². The molecule has 1 aliphatic heterocycles. The Balaban J connectivity index is 1.83. The van der Waals surface area contributed by atoms with Gasteiger partial charge in [0.1, 0.15) is 30.0 Å². The minimum Gasteiger partial charge on any atom is -0.489 e. The van der Waals surface area contributed by atoms with Crippen LogP contribution in [0.1, 0.15) is 17.2 Å². The van der Waals surface area contributed by atoms with Crippen LogP contribution in [0.25, 0.3) is 0 Å². The maximum atomic E-state index is 13.1. The lowest BCUT2D eigenvalue weighted by Gasteiger charge is -2.30. The van der Waals surface area contributed by atoms with E-state index in [9.17, 15) is 9.50 Å². The van der Waals surface area contributed by atoms with Gasteiger partial charge in [-0.15, -0.1) is 0 Å². The Hall–Kier alpha value is -2.07. The highest BCUT2D eigenvalue weighted by Crippen LogP contribution is 2.34. The summed E-state index contributed by atoms with van der Waals surface area (Å²) in [6.45, 7) is 2.03.